The van der Waals surface area contributed by atoms with Gasteiger partial charge in [0.25, 0.3) is 0 Å². The highest BCUT2D eigenvalue weighted by Gasteiger charge is 2.51. The van der Waals surface area contributed by atoms with E-state index in [1.165, 1.54) is 25.1 Å². The van der Waals surface area contributed by atoms with E-state index < -0.39 is 30.2 Å². The van der Waals surface area contributed by atoms with Gasteiger partial charge in [0.15, 0.2) is 0 Å². The standard InChI is InChI=1S/C16H21BFNO4/c1-10(2)19(14(20)21)13-9-11(7-8-12(13)18)17-22-15(3,4)16(5,6)23-17/h7-9H,1H2,2-6H3,(H,20,21). The van der Waals surface area contributed by atoms with E-state index in [2.05, 4.69) is 6.58 Å². The van der Waals surface area contributed by atoms with Crippen molar-refractivity contribution in [1.29, 1.82) is 0 Å². The summed E-state index contributed by atoms with van der Waals surface area (Å²) >= 11 is 0. The molecule has 0 radical (unpaired) electrons. The van der Waals surface area contributed by atoms with Crippen molar-refractivity contribution in [3.8, 4) is 0 Å². The smallest absolute Gasteiger partial charge is 0.464 e. The quantitative estimate of drug-likeness (QED) is 0.869. The minimum atomic E-state index is -1.30. The zero-order valence-corrected chi connectivity index (χ0v) is 14.0. The van der Waals surface area contributed by atoms with E-state index in [9.17, 15) is 14.3 Å². The van der Waals surface area contributed by atoms with Gasteiger partial charge in [0.1, 0.15) is 5.82 Å². The Morgan fingerprint density at radius 1 is 1.26 bits per heavy atom. The second kappa shape index (κ2) is 5.65. The van der Waals surface area contributed by atoms with Crippen LogP contribution in [0.1, 0.15) is 34.6 Å². The maximum absolute atomic E-state index is 14.1. The van der Waals surface area contributed by atoms with Crippen LogP contribution in [0.4, 0.5) is 14.9 Å². The number of hydrogen-bond acceptors (Lipinski definition) is 3. The molecule has 0 unspecified atom stereocenters. The maximum Gasteiger partial charge on any atom is 0.494 e. The number of benzene rings is 1. The highest BCUT2D eigenvalue weighted by molar-refractivity contribution is 6.62. The Hall–Kier alpha value is -1.86. The molecule has 1 N–H and O–H groups in total. The molecule has 1 amide bonds. The first kappa shape index (κ1) is 17.5. The molecule has 124 valence electrons. The van der Waals surface area contributed by atoms with Gasteiger partial charge in [0.05, 0.1) is 16.9 Å². The number of allylic oxidation sites excluding steroid dienone is 1. The number of halogens is 1. The van der Waals surface area contributed by atoms with E-state index in [1.807, 2.05) is 27.7 Å². The van der Waals surface area contributed by atoms with Crippen molar-refractivity contribution in [2.75, 3.05) is 4.90 Å². The highest BCUT2D eigenvalue weighted by atomic mass is 19.1. The predicted molar refractivity (Wildman–Crippen MR) is 87.4 cm³/mol. The summed E-state index contributed by atoms with van der Waals surface area (Å²) in [6.45, 7) is 12.7. The summed E-state index contributed by atoms with van der Waals surface area (Å²) in [4.78, 5) is 12.2. The lowest BCUT2D eigenvalue weighted by Crippen LogP contribution is -2.41. The van der Waals surface area contributed by atoms with E-state index in [0.29, 0.717) is 5.46 Å². The third-order valence-corrected chi connectivity index (χ3v) is 4.31. The molecule has 0 saturated carbocycles. The predicted octanol–water partition coefficient (Wildman–Crippen LogP) is 3.14. The molecule has 0 bridgehead atoms. The Morgan fingerprint density at radius 3 is 2.22 bits per heavy atom. The lowest BCUT2D eigenvalue weighted by atomic mass is 9.79. The summed E-state index contributed by atoms with van der Waals surface area (Å²) in [6.07, 6.45) is -1.30. The fourth-order valence-electron chi connectivity index (χ4n) is 2.30. The summed E-state index contributed by atoms with van der Waals surface area (Å²) in [5, 5.41) is 9.28. The Labute approximate surface area is 135 Å². The topological polar surface area (TPSA) is 59.0 Å². The zero-order valence-electron chi connectivity index (χ0n) is 14.0. The Morgan fingerprint density at radius 2 is 1.78 bits per heavy atom. The molecule has 7 heteroatoms. The molecule has 1 fully saturated rings. The lowest BCUT2D eigenvalue weighted by molar-refractivity contribution is 0.00578. The Balaban J connectivity index is 2.43. The molecule has 0 aliphatic carbocycles. The molecule has 0 aromatic heterocycles. The Kier molecular flexibility index (Phi) is 4.30. The van der Waals surface area contributed by atoms with E-state index in [1.54, 1.807) is 0 Å². The second-order valence-corrected chi connectivity index (χ2v) is 6.65. The average Bonchev–Trinajstić information content (AvgIpc) is 2.60. The molecule has 1 saturated heterocycles. The molecule has 2 rings (SSSR count). The number of nitrogens with zero attached hydrogens (tertiary/aromatic N) is 1. The van der Waals surface area contributed by atoms with Crippen molar-refractivity contribution < 1.29 is 23.6 Å². The summed E-state index contributed by atoms with van der Waals surface area (Å²) < 4.78 is 25.9. The van der Waals surface area contributed by atoms with Gasteiger partial charge >= 0.3 is 13.2 Å². The first-order chi connectivity index (χ1) is 10.5. The van der Waals surface area contributed by atoms with Crippen LogP contribution in [0, 0.1) is 5.82 Å². The fourth-order valence-corrected chi connectivity index (χ4v) is 2.30. The van der Waals surface area contributed by atoms with Gasteiger partial charge in [0.2, 0.25) is 0 Å². The molecule has 1 heterocycles. The molecule has 5 nitrogen and oxygen atoms in total. The first-order valence-corrected chi connectivity index (χ1v) is 7.30. The van der Waals surface area contributed by atoms with Crippen LogP contribution in [0.2, 0.25) is 0 Å². The van der Waals surface area contributed by atoms with Crippen LogP contribution < -0.4 is 10.4 Å². The highest BCUT2D eigenvalue weighted by Crippen LogP contribution is 2.36. The molecule has 0 atom stereocenters. The minimum Gasteiger partial charge on any atom is -0.464 e. The average molecular weight is 321 g/mol. The number of anilines is 1. The minimum absolute atomic E-state index is 0.0998. The molecule has 23 heavy (non-hydrogen) atoms. The molecular formula is C16H21BFNO4. The van der Waals surface area contributed by atoms with Crippen LogP contribution >= 0.6 is 0 Å². The van der Waals surface area contributed by atoms with Crippen LogP contribution in [0.3, 0.4) is 0 Å². The maximum atomic E-state index is 14.1. The second-order valence-electron chi connectivity index (χ2n) is 6.65. The van der Waals surface area contributed by atoms with Crippen LogP contribution in [0.5, 0.6) is 0 Å². The first-order valence-electron chi connectivity index (χ1n) is 7.30. The zero-order chi connectivity index (χ0) is 17.6. The van der Waals surface area contributed by atoms with Gasteiger partial charge in [-0.15, -0.1) is 0 Å². The molecule has 0 spiro atoms. The van der Waals surface area contributed by atoms with E-state index in [-0.39, 0.29) is 11.4 Å². The largest absolute Gasteiger partial charge is 0.494 e. The van der Waals surface area contributed by atoms with Gasteiger partial charge in [-0.25, -0.2) is 14.1 Å². The third-order valence-electron chi connectivity index (χ3n) is 4.31. The summed E-state index contributed by atoms with van der Waals surface area (Å²) in [5.41, 5.74) is -0.424. The fraction of sp³-hybridized carbons (Fsp3) is 0.438. The number of carboxylic acid groups (broad SMARTS) is 1. The van der Waals surface area contributed by atoms with E-state index in [0.717, 1.165) is 4.90 Å². The van der Waals surface area contributed by atoms with Crippen molar-refractivity contribution in [1.82, 2.24) is 0 Å². The van der Waals surface area contributed by atoms with Crippen molar-refractivity contribution in [2.24, 2.45) is 0 Å². The van der Waals surface area contributed by atoms with Crippen molar-refractivity contribution >= 4 is 24.4 Å². The van der Waals surface area contributed by atoms with Crippen molar-refractivity contribution in [3.63, 3.8) is 0 Å². The monoisotopic (exact) mass is 321 g/mol. The van der Waals surface area contributed by atoms with Crippen LogP contribution in [0.25, 0.3) is 0 Å². The Bertz CT molecular complexity index is 629. The van der Waals surface area contributed by atoms with Crippen molar-refractivity contribution in [3.05, 3.63) is 36.3 Å². The third kappa shape index (κ3) is 3.11. The van der Waals surface area contributed by atoms with Crippen molar-refractivity contribution in [2.45, 2.75) is 45.8 Å². The summed E-state index contributed by atoms with van der Waals surface area (Å²) in [7, 11) is -0.694. The van der Waals surface area contributed by atoms with Gasteiger partial charge in [0, 0.05) is 5.70 Å². The van der Waals surface area contributed by atoms with Crippen LogP contribution in [0.15, 0.2) is 30.5 Å². The van der Waals surface area contributed by atoms with E-state index >= 15 is 0 Å². The van der Waals surface area contributed by atoms with E-state index in [4.69, 9.17) is 9.31 Å². The van der Waals surface area contributed by atoms with Crippen LogP contribution in [-0.2, 0) is 9.31 Å². The van der Waals surface area contributed by atoms with Gasteiger partial charge < -0.3 is 14.4 Å². The molecule has 1 aliphatic heterocycles. The van der Waals surface area contributed by atoms with Gasteiger partial charge in [-0.1, -0.05) is 12.6 Å². The lowest BCUT2D eigenvalue weighted by Gasteiger charge is -2.32. The number of amides is 1. The molecule has 1 aromatic rings. The molecule has 1 aromatic carbocycles. The van der Waals surface area contributed by atoms with Crippen LogP contribution in [-0.4, -0.2) is 29.5 Å². The van der Waals surface area contributed by atoms with Gasteiger partial charge in [-0.05, 0) is 52.2 Å². The molecular weight excluding hydrogens is 300 g/mol. The molecule has 1 aliphatic rings. The number of rotatable bonds is 3. The van der Waals surface area contributed by atoms with Gasteiger partial charge in [-0.3, -0.25) is 0 Å². The summed E-state index contributed by atoms with van der Waals surface area (Å²) in [5.74, 6) is -0.657. The summed E-state index contributed by atoms with van der Waals surface area (Å²) in [6, 6.07) is 4.15. The normalized spacial score (nSPS) is 18.8. The number of carbonyl (C=O) groups is 1. The number of hydrogen-bond donors (Lipinski definition) is 1. The SMILES string of the molecule is C=C(C)N(C(=O)O)c1cc(B2OC(C)(C)C(C)(C)O2)ccc1F. The van der Waals surface area contributed by atoms with Gasteiger partial charge in [-0.2, -0.15) is 0 Å².